The Kier molecular flexibility index (Phi) is 5.85. The Bertz CT molecular complexity index is 1280. The van der Waals surface area contributed by atoms with Crippen LogP contribution in [0.15, 0.2) is 78.9 Å². The molecule has 0 radical (unpaired) electrons. The van der Waals surface area contributed by atoms with Crippen LogP contribution in [0.3, 0.4) is 0 Å². The summed E-state index contributed by atoms with van der Waals surface area (Å²) >= 11 is 0. The molecule has 2 N–H and O–H groups in total. The molecule has 0 saturated carbocycles. The smallest absolute Gasteiger partial charge is 0.340 e. The molecule has 0 bridgehead atoms. The zero-order chi connectivity index (χ0) is 22.7. The first kappa shape index (κ1) is 21.1. The minimum Gasteiger partial charge on any atom is -0.449 e. The summed E-state index contributed by atoms with van der Waals surface area (Å²) in [5.74, 6) is -1.18. The van der Waals surface area contributed by atoms with E-state index in [1.54, 1.807) is 24.3 Å². The summed E-state index contributed by atoms with van der Waals surface area (Å²) in [7, 11) is 0. The summed E-state index contributed by atoms with van der Waals surface area (Å²) in [6.45, 7) is 2.96. The standard InChI is InChI=1S/C26H22N2O4/c1-16(25(30)28-21-13-11-20(12-14-21)27-17(2)29)32-26(31)24-22-9-5-3-7-18(22)15-19-8-4-6-10-23(19)24/h3-16H,1-2H3,(H,27,29)(H,28,30)/t16-/m1/s1. The van der Waals surface area contributed by atoms with Crippen molar-refractivity contribution in [2.24, 2.45) is 0 Å². The van der Waals surface area contributed by atoms with E-state index >= 15 is 0 Å². The molecule has 0 unspecified atom stereocenters. The number of carbonyl (C=O) groups excluding carboxylic acids is 3. The molecule has 0 fully saturated rings. The maximum Gasteiger partial charge on any atom is 0.340 e. The molecule has 1 atom stereocenters. The lowest BCUT2D eigenvalue weighted by atomic mass is 9.97. The van der Waals surface area contributed by atoms with Crippen LogP contribution in [0.2, 0.25) is 0 Å². The van der Waals surface area contributed by atoms with Gasteiger partial charge in [0.05, 0.1) is 5.56 Å². The Morgan fingerprint density at radius 1 is 0.750 bits per heavy atom. The number of hydrogen-bond donors (Lipinski definition) is 2. The minimum absolute atomic E-state index is 0.178. The highest BCUT2D eigenvalue weighted by molar-refractivity contribution is 6.17. The van der Waals surface area contributed by atoms with Crippen LogP contribution >= 0.6 is 0 Å². The third-order valence-corrected chi connectivity index (χ3v) is 5.10. The van der Waals surface area contributed by atoms with Crippen molar-refractivity contribution in [3.63, 3.8) is 0 Å². The second-order valence-corrected chi connectivity index (χ2v) is 7.49. The Morgan fingerprint density at radius 3 is 1.78 bits per heavy atom. The van der Waals surface area contributed by atoms with Crippen LogP contribution in [0.25, 0.3) is 21.5 Å². The topological polar surface area (TPSA) is 84.5 Å². The van der Waals surface area contributed by atoms with Crippen LogP contribution in [0.5, 0.6) is 0 Å². The summed E-state index contributed by atoms with van der Waals surface area (Å²) in [5, 5.41) is 8.79. The van der Waals surface area contributed by atoms with Gasteiger partial charge in [0.1, 0.15) is 0 Å². The molecule has 4 aromatic rings. The van der Waals surface area contributed by atoms with Crippen LogP contribution in [0.4, 0.5) is 11.4 Å². The zero-order valence-corrected chi connectivity index (χ0v) is 17.7. The first-order chi connectivity index (χ1) is 15.4. The molecule has 32 heavy (non-hydrogen) atoms. The highest BCUT2D eigenvalue weighted by Gasteiger charge is 2.22. The SMILES string of the molecule is CC(=O)Nc1ccc(NC(=O)[C@@H](C)OC(=O)c2c3ccccc3cc3ccccc23)cc1. The molecule has 0 heterocycles. The van der Waals surface area contributed by atoms with Crippen molar-refractivity contribution in [3.8, 4) is 0 Å². The first-order valence-electron chi connectivity index (χ1n) is 10.2. The molecule has 0 aliphatic heterocycles. The van der Waals surface area contributed by atoms with Gasteiger partial charge < -0.3 is 15.4 Å². The van der Waals surface area contributed by atoms with Gasteiger partial charge >= 0.3 is 5.97 Å². The van der Waals surface area contributed by atoms with E-state index in [9.17, 15) is 14.4 Å². The number of amides is 2. The largest absolute Gasteiger partial charge is 0.449 e. The average molecular weight is 426 g/mol. The van der Waals surface area contributed by atoms with Crippen LogP contribution in [0, 0.1) is 0 Å². The predicted octanol–water partition coefficient (Wildman–Crippen LogP) is 5.14. The number of hydrogen-bond acceptors (Lipinski definition) is 4. The number of carbonyl (C=O) groups is 3. The van der Waals surface area contributed by atoms with Gasteiger partial charge in [-0.05, 0) is 58.8 Å². The summed E-state index contributed by atoms with van der Waals surface area (Å²) in [6.07, 6.45) is -1.00. The van der Waals surface area contributed by atoms with Gasteiger partial charge in [0.15, 0.2) is 6.10 Å². The van der Waals surface area contributed by atoms with Crippen LogP contribution in [-0.2, 0) is 14.3 Å². The lowest BCUT2D eigenvalue weighted by Crippen LogP contribution is -2.30. The van der Waals surface area contributed by atoms with E-state index in [2.05, 4.69) is 10.6 Å². The van der Waals surface area contributed by atoms with E-state index in [1.807, 2.05) is 54.6 Å². The summed E-state index contributed by atoms with van der Waals surface area (Å²) < 4.78 is 5.56. The van der Waals surface area contributed by atoms with E-state index in [-0.39, 0.29) is 5.91 Å². The molecule has 6 nitrogen and oxygen atoms in total. The quantitative estimate of drug-likeness (QED) is 0.342. The number of anilines is 2. The maximum absolute atomic E-state index is 13.1. The Labute approximate surface area is 185 Å². The normalized spacial score (nSPS) is 11.7. The van der Waals surface area contributed by atoms with E-state index < -0.39 is 18.0 Å². The molecule has 0 aliphatic carbocycles. The van der Waals surface area contributed by atoms with Gasteiger partial charge in [-0.1, -0.05) is 48.5 Å². The second kappa shape index (κ2) is 8.89. The fraction of sp³-hybridized carbons (Fsp3) is 0.115. The van der Waals surface area contributed by atoms with E-state index in [0.717, 1.165) is 21.5 Å². The van der Waals surface area contributed by atoms with Crippen molar-refractivity contribution in [3.05, 3.63) is 84.4 Å². The van der Waals surface area contributed by atoms with Gasteiger partial charge in [-0.2, -0.15) is 0 Å². The Hall–Kier alpha value is -4.19. The Morgan fingerprint density at radius 2 is 1.25 bits per heavy atom. The molecule has 2 amide bonds. The zero-order valence-electron chi connectivity index (χ0n) is 17.7. The molecular formula is C26H22N2O4. The van der Waals surface area contributed by atoms with Gasteiger partial charge in [0.25, 0.3) is 5.91 Å². The van der Waals surface area contributed by atoms with E-state index in [4.69, 9.17) is 4.74 Å². The van der Waals surface area contributed by atoms with Crippen molar-refractivity contribution in [1.82, 2.24) is 0 Å². The molecule has 0 aliphatic rings. The molecule has 0 aromatic heterocycles. The van der Waals surface area contributed by atoms with Crippen molar-refractivity contribution in [2.75, 3.05) is 10.6 Å². The van der Waals surface area contributed by atoms with Gasteiger partial charge in [-0.3, -0.25) is 9.59 Å². The summed E-state index contributed by atoms with van der Waals surface area (Å²) in [6, 6.07) is 23.9. The van der Waals surface area contributed by atoms with Crippen molar-refractivity contribution in [1.29, 1.82) is 0 Å². The van der Waals surface area contributed by atoms with Crippen LogP contribution < -0.4 is 10.6 Å². The highest BCUT2D eigenvalue weighted by atomic mass is 16.5. The number of ether oxygens (including phenoxy) is 1. The second-order valence-electron chi connectivity index (χ2n) is 7.49. The van der Waals surface area contributed by atoms with Gasteiger partial charge in [-0.25, -0.2) is 4.79 Å². The fourth-order valence-electron chi connectivity index (χ4n) is 3.59. The Balaban J connectivity index is 1.54. The van der Waals surface area contributed by atoms with Gasteiger partial charge in [-0.15, -0.1) is 0 Å². The molecular weight excluding hydrogens is 404 g/mol. The molecule has 6 heteroatoms. The van der Waals surface area contributed by atoms with Crippen molar-refractivity contribution < 1.29 is 19.1 Å². The monoisotopic (exact) mass is 426 g/mol. The number of nitrogens with one attached hydrogen (secondary N) is 2. The maximum atomic E-state index is 13.1. The fourth-order valence-corrected chi connectivity index (χ4v) is 3.59. The average Bonchev–Trinajstić information content (AvgIpc) is 2.78. The van der Waals surface area contributed by atoms with Gasteiger partial charge in [0, 0.05) is 18.3 Å². The lowest BCUT2D eigenvalue weighted by Gasteiger charge is -2.16. The number of esters is 1. The van der Waals surface area contributed by atoms with Crippen molar-refractivity contribution in [2.45, 2.75) is 20.0 Å². The molecule has 160 valence electrons. The summed E-state index contributed by atoms with van der Waals surface area (Å²) in [5.41, 5.74) is 1.60. The number of fused-ring (bicyclic) bond motifs is 2. The molecule has 4 aromatic carbocycles. The van der Waals surface area contributed by atoms with Crippen LogP contribution in [0.1, 0.15) is 24.2 Å². The number of benzene rings is 4. The van der Waals surface area contributed by atoms with E-state index in [1.165, 1.54) is 13.8 Å². The third kappa shape index (κ3) is 4.44. The highest BCUT2D eigenvalue weighted by Crippen LogP contribution is 2.29. The van der Waals surface area contributed by atoms with E-state index in [0.29, 0.717) is 16.9 Å². The lowest BCUT2D eigenvalue weighted by molar-refractivity contribution is -0.123. The van der Waals surface area contributed by atoms with Crippen LogP contribution in [-0.4, -0.2) is 23.9 Å². The molecule has 4 rings (SSSR count). The van der Waals surface area contributed by atoms with Gasteiger partial charge in [0.2, 0.25) is 5.91 Å². The third-order valence-electron chi connectivity index (χ3n) is 5.10. The summed E-state index contributed by atoms with van der Waals surface area (Å²) in [4.78, 5) is 36.9. The number of rotatable bonds is 5. The minimum atomic E-state index is -1.00. The van der Waals surface area contributed by atoms with Crippen molar-refractivity contribution >= 4 is 50.7 Å². The first-order valence-corrected chi connectivity index (χ1v) is 10.2. The molecule has 0 saturated heterocycles. The molecule has 0 spiro atoms. The predicted molar refractivity (Wildman–Crippen MR) is 126 cm³/mol.